The zero-order chi connectivity index (χ0) is 16.2. The van der Waals surface area contributed by atoms with Gasteiger partial charge in [-0.25, -0.2) is 0 Å². The smallest absolute Gasteiger partial charge is 0.251 e. The summed E-state index contributed by atoms with van der Waals surface area (Å²) in [5, 5.41) is 6.28. The van der Waals surface area contributed by atoms with Crippen molar-refractivity contribution in [2.75, 3.05) is 5.32 Å². The van der Waals surface area contributed by atoms with Gasteiger partial charge in [0.25, 0.3) is 5.91 Å². The predicted octanol–water partition coefficient (Wildman–Crippen LogP) is 3.62. The molecular weight excluding hydrogens is 312 g/mol. The lowest BCUT2D eigenvalue weighted by atomic mass is 10.1. The predicted molar refractivity (Wildman–Crippen MR) is 90.4 cm³/mol. The lowest BCUT2D eigenvalue weighted by Crippen LogP contribution is -2.22. The summed E-state index contributed by atoms with van der Waals surface area (Å²) in [5.74, 6) is 0.0613. The monoisotopic (exact) mass is 328 g/mol. The van der Waals surface area contributed by atoms with Gasteiger partial charge in [0.15, 0.2) is 0 Å². The number of carbonyl (C=O) groups excluding carboxylic acids is 2. The average molecular weight is 329 g/mol. The van der Waals surface area contributed by atoms with Crippen molar-refractivity contribution in [3.63, 3.8) is 0 Å². The van der Waals surface area contributed by atoms with Crippen molar-refractivity contribution in [1.82, 2.24) is 5.32 Å². The molecule has 1 saturated carbocycles. The number of hydrogen-bond acceptors (Lipinski definition) is 2. The Labute approximate surface area is 139 Å². The first-order valence-corrected chi connectivity index (χ1v) is 7.93. The number of amides is 2. The Balaban J connectivity index is 1.59. The van der Waals surface area contributed by atoms with Crippen molar-refractivity contribution in [3.05, 3.63) is 64.7 Å². The first kappa shape index (κ1) is 15.6. The fourth-order valence-corrected chi connectivity index (χ4v) is 2.45. The van der Waals surface area contributed by atoms with Crippen LogP contribution in [0.1, 0.15) is 28.8 Å². The molecule has 0 atom stereocenters. The zero-order valence-electron chi connectivity index (χ0n) is 12.5. The van der Waals surface area contributed by atoms with E-state index in [1.54, 1.807) is 24.3 Å². The molecule has 2 aromatic carbocycles. The second-order valence-corrected chi connectivity index (χ2v) is 6.09. The second kappa shape index (κ2) is 6.84. The molecule has 0 bridgehead atoms. The Morgan fingerprint density at radius 2 is 1.87 bits per heavy atom. The minimum atomic E-state index is -0.181. The van der Waals surface area contributed by atoms with Crippen LogP contribution in [-0.2, 0) is 11.3 Å². The summed E-state index contributed by atoms with van der Waals surface area (Å²) in [5.41, 5.74) is 2.21. The third kappa shape index (κ3) is 4.33. The van der Waals surface area contributed by atoms with E-state index in [2.05, 4.69) is 10.6 Å². The molecule has 0 saturated heterocycles. The molecule has 0 aliphatic heterocycles. The van der Waals surface area contributed by atoms with Crippen LogP contribution < -0.4 is 10.6 Å². The van der Waals surface area contributed by atoms with Crippen molar-refractivity contribution >= 4 is 29.1 Å². The maximum atomic E-state index is 12.1. The van der Waals surface area contributed by atoms with Crippen LogP contribution in [0.3, 0.4) is 0 Å². The lowest BCUT2D eigenvalue weighted by molar-refractivity contribution is -0.117. The van der Waals surface area contributed by atoms with E-state index in [1.165, 1.54) is 0 Å². The first-order chi connectivity index (χ1) is 11.1. The largest absolute Gasteiger partial charge is 0.348 e. The van der Waals surface area contributed by atoms with E-state index in [0.717, 1.165) is 24.1 Å². The summed E-state index contributed by atoms with van der Waals surface area (Å²) in [7, 11) is 0. The van der Waals surface area contributed by atoms with Crippen LogP contribution in [0.5, 0.6) is 0 Å². The van der Waals surface area contributed by atoms with E-state index in [-0.39, 0.29) is 17.7 Å². The molecule has 118 valence electrons. The highest BCUT2D eigenvalue weighted by molar-refractivity contribution is 6.30. The molecule has 1 aliphatic carbocycles. The third-order valence-electron chi connectivity index (χ3n) is 3.68. The van der Waals surface area contributed by atoms with Crippen molar-refractivity contribution in [3.8, 4) is 0 Å². The van der Waals surface area contributed by atoms with E-state index in [0.29, 0.717) is 17.1 Å². The topological polar surface area (TPSA) is 58.2 Å². The van der Waals surface area contributed by atoms with Crippen molar-refractivity contribution in [2.45, 2.75) is 19.4 Å². The van der Waals surface area contributed by atoms with Crippen LogP contribution in [-0.4, -0.2) is 11.8 Å². The summed E-state index contributed by atoms with van der Waals surface area (Å²) in [6, 6.07) is 14.3. The van der Waals surface area contributed by atoms with E-state index in [1.807, 2.05) is 24.3 Å². The number of halogens is 1. The minimum Gasteiger partial charge on any atom is -0.348 e. The van der Waals surface area contributed by atoms with Crippen molar-refractivity contribution < 1.29 is 9.59 Å². The van der Waals surface area contributed by atoms with Gasteiger partial charge in [-0.05, 0) is 48.7 Å². The molecule has 0 heterocycles. The summed E-state index contributed by atoms with van der Waals surface area (Å²) >= 11 is 5.89. The highest BCUT2D eigenvalue weighted by Gasteiger charge is 2.29. The Kier molecular flexibility index (Phi) is 4.63. The van der Waals surface area contributed by atoms with Gasteiger partial charge in [0.1, 0.15) is 0 Å². The van der Waals surface area contributed by atoms with Crippen LogP contribution in [0.25, 0.3) is 0 Å². The molecule has 1 aliphatic rings. The number of benzene rings is 2. The standard InChI is InChI=1S/C18H17ClN2O2/c19-15-5-2-4-14(10-15)17(22)20-11-12-3-1-6-16(9-12)21-18(23)13-7-8-13/h1-6,9-10,13H,7-8,11H2,(H,20,22)(H,21,23). The number of hydrogen-bond donors (Lipinski definition) is 2. The maximum Gasteiger partial charge on any atom is 0.251 e. The van der Waals surface area contributed by atoms with Gasteiger partial charge in [-0.15, -0.1) is 0 Å². The molecule has 0 radical (unpaired) electrons. The van der Waals surface area contributed by atoms with Gasteiger partial charge >= 0.3 is 0 Å². The summed E-state index contributed by atoms with van der Waals surface area (Å²) in [6.45, 7) is 0.387. The quantitative estimate of drug-likeness (QED) is 0.880. The van der Waals surface area contributed by atoms with E-state index in [9.17, 15) is 9.59 Å². The minimum absolute atomic E-state index is 0.0742. The van der Waals surface area contributed by atoms with Gasteiger partial charge in [-0.2, -0.15) is 0 Å². The summed E-state index contributed by atoms with van der Waals surface area (Å²) in [4.78, 5) is 23.9. The van der Waals surface area contributed by atoms with Crippen LogP contribution >= 0.6 is 11.6 Å². The van der Waals surface area contributed by atoms with Crippen LogP contribution in [0.2, 0.25) is 5.02 Å². The first-order valence-electron chi connectivity index (χ1n) is 7.55. The van der Waals surface area contributed by atoms with Crippen LogP contribution in [0, 0.1) is 5.92 Å². The van der Waals surface area contributed by atoms with E-state index >= 15 is 0 Å². The molecule has 0 aromatic heterocycles. The SMILES string of the molecule is O=C(NCc1cccc(NC(=O)C2CC2)c1)c1cccc(Cl)c1. The fraction of sp³-hybridized carbons (Fsp3) is 0.222. The summed E-state index contributed by atoms with van der Waals surface area (Å²) in [6.07, 6.45) is 1.95. The second-order valence-electron chi connectivity index (χ2n) is 5.66. The van der Waals surface area contributed by atoms with Gasteiger partial charge in [0.05, 0.1) is 0 Å². The van der Waals surface area contributed by atoms with Crippen LogP contribution in [0.4, 0.5) is 5.69 Å². The van der Waals surface area contributed by atoms with Crippen molar-refractivity contribution in [1.29, 1.82) is 0 Å². The van der Waals surface area contributed by atoms with Gasteiger partial charge < -0.3 is 10.6 Å². The molecule has 0 spiro atoms. The molecule has 5 heteroatoms. The molecule has 4 nitrogen and oxygen atoms in total. The number of carbonyl (C=O) groups is 2. The average Bonchev–Trinajstić information content (AvgIpc) is 3.38. The molecular formula is C18H17ClN2O2. The molecule has 2 N–H and O–H groups in total. The molecule has 2 aromatic rings. The third-order valence-corrected chi connectivity index (χ3v) is 3.92. The Bertz CT molecular complexity index is 741. The highest BCUT2D eigenvalue weighted by Crippen LogP contribution is 2.30. The maximum absolute atomic E-state index is 12.1. The normalized spacial score (nSPS) is 13.4. The summed E-state index contributed by atoms with van der Waals surface area (Å²) < 4.78 is 0. The van der Waals surface area contributed by atoms with E-state index < -0.39 is 0 Å². The van der Waals surface area contributed by atoms with Gasteiger partial charge in [0.2, 0.25) is 5.91 Å². The fourth-order valence-electron chi connectivity index (χ4n) is 2.26. The molecule has 0 unspecified atom stereocenters. The van der Waals surface area contributed by atoms with Crippen molar-refractivity contribution in [2.24, 2.45) is 5.92 Å². The highest BCUT2D eigenvalue weighted by atomic mass is 35.5. The van der Waals surface area contributed by atoms with E-state index in [4.69, 9.17) is 11.6 Å². The molecule has 23 heavy (non-hydrogen) atoms. The number of anilines is 1. The molecule has 2 amide bonds. The Morgan fingerprint density at radius 3 is 2.61 bits per heavy atom. The molecule has 1 fully saturated rings. The number of nitrogens with one attached hydrogen (secondary N) is 2. The Morgan fingerprint density at radius 1 is 1.09 bits per heavy atom. The van der Waals surface area contributed by atoms with Crippen LogP contribution in [0.15, 0.2) is 48.5 Å². The van der Waals surface area contributed by atoms with Gasteiger partial charge in [-0.1, -0.05) is 29.8 Å². The number of rotatable bonds is 5. The zero-order valence-corrected chi connectivity index (χ0v) is 13.3. The Hall–Kier alpha value is -2.33. The molecule has 3 rings (SSSR count). The van der Waals surface area contributed by atoms with Gasteiger partial charge in [0, 0.05) is 28.7 Å². The lowest BCUT2D eigenvalue weighted by Gasteiger charge is -2.09. The van der Waals surface area contributed by atoms with Gasteiger partial charge in [-0.3, -0.25) is 9.59 Å².